The van der Waals surface area contributed by atoms with Crippen LogP contribution in [-0.2, 0) is 11.2 Å². The molecule has 0 bridgehead atoms. The van der Waals surface area contributed by atoms with Crippen LogP contribution in [0.2, 0.25) is 0 Å². The van der Waals surface area contributed by atoms with Crippen molar-refractivity contribution in [3.05, 3.63) is 42.0 Å². The standard InChI is InChI=1S/C25H34O2/c1-3-4-5-6-7-16-27-19-9-11-20-18(17-19)8-10-22-21(20)14-15-25(2)23(22)12-13-24(25)26/h3,9,11,17,21-23H,1,4-8,10,12-16H2,2H3/t21-,22-,23+,25+/m1/s1. The lowest BCUT2D eigenvalue weighted by Crippen LogP contribution is -2.42. The summed E-state index contributed by atoms with van der Waals surface area (Å²) in [6, 6.07) is 6.81. The van der Waals surface area contributed by atoms with E-state index < -0.39 is 0 Å². The molecule has 2 saturated carbocycles. The number of rotatable bonds is 7. The molecule has 146 valence electrons. The first-order valence-electron chi connectivity index (χ1n) is 11.0. The van der Waals surface area contributed by atoms with Crippen LogP contribution in [0.25, 0.3) is 0 Å². The predicted molar refractivity (Wildman–Crippen MR) is 110 cm³/mol. The lowest BCUT2D eigenvalue weighted by atomic mass is 9.55. The number of unbranched alkanes of at least 4 members (excludes halogenated alkanes) is 3. The monoisotopic (exact) mass is 366 g/mol. The first-order valence-corrected chi connectivity index (χ1v) is 11.0. The molecule has 0 radical (unpaired) electrons. The second kappa shape index (κ2) is 7.81. The summed E-state index contributed by atoms with van der Waals surface area (Å²) in [4.78, 5) is 12.5. The summed E-state index contributed by atoms with van der Waals surface area (Å²) in [7, 11) is 0. The van der Waals surface area contributed by atoms with E-state index in [0.29, 0.717) is 23.5 Å². The molecule has 0 heterocycles. The third-order valence-electron chi connectivity index (χ3n) is 7.73. The topological polar surface area (TPSA) is 26.3 Å². The maximum absolute atomic E-state index is 12.5. The number of Topliss-reactive ketones (excluding diaryl/α,β-unsaturated/α-hetero) is 1. The van der Waals surface area contributed by atoms with Crippen molar-refractivity contribution in [2.75, 3.05) is 6.61 Å². The van der Waals surface area contributed by atoms with E-state index in [0.717, 1.165) is 50.9 Å². The number of aryl methyl sites for hydroxylation is 1. The minimum absolute atomic E-state index is 0.0205. The molecule has 4 atom stereocenters. The Labute approximate surface area is 164 Å². The van der Waals surface area contributed by atoms with Crippen LogP contribution in [0.15, 0.2) is 30.9 Å². The zero-order valence-corrected chi connectivity index (χ0v) is 16.8. The molecule has 1 aromatic carbocycles. The quantitative estimate of drug-likeness (QED) is 0.422. The molecule has 2 fully saturated rings. The summed E-state index contributed by atoms with van der Waals surface area (Å²) in [5.41, 5.74) is 3.02. The van der Waals surface area contributed by atoms with Gasteiger partial charge in [0.2, 0.25) is 0 Å². The van der Waals surface area contributed by atoms with Gasteiger partial charge in [0, 0.05) is 11.8 Å². The SMILES string of the molecule is C=CCCCCCOc1ccc2c(c1)CC[C@@H]1[C@@H]2CC[C@]2(C)C(=O)CC[C@@H]12. The number of allylic oxidation sites excluding steroid dienone is 1. The second-order valence-electron chi connectivity index (χ2n) is 9.18. The molecule has 4 rings (SSSR count). The van der Waals surface area contributed by atoms with Gasteiger partial charge in [-0.1, -0.05) is 19.1 Å². The van der Waals surface area contributed by atoms with Crippen LogP contribution >= 0.6 is 0 Å². The van der Waals surface area contributed by atoms with E-state index in [-0.39, 0.29) is 5.41 Å². The van der Waals surface area contributed by atoms with E-state index in [2.05, 4.69) is 31.7 Å². The first-order chi connectivity index (χ1) is 13.1. The third kappa shape index (κ3) is 3.48. The van der Waals surface area contributed by atoms with Gasteiger partial charge in [0.15, 0.2) is 0 Å². The lowest BCUT2D eigenvalue weighted by molar-refractivity contribution is -0.129. The van der Waals surface area contributed by atoms with Crippen molar-refractivity contribution >= 4 is 5.78 Å². The fourth-order valence-corrected chi connectivity index (χ4v) is 6.18. The maximum atomic E-state index is 12.5. The average Bonchev–Trinajstić information content (AvgIpc) is 2.99. The van der Waals surface area contributed by atoms with Crippen molar-refractivity contribution in [3.63, 3.8) is 0 Å². The van der Waals surface area contributed by atoms with Gasteiger partial charge in [-0.3, -0.25) is 4.79 Å². The van der Waals surface area contributed by atoms with E-state index in [1.807, 2.05) is 6.08 Å². The highest BCUT2D eigenvalue weighted by molar-refractivity contribution is 5.87. The molecule has 0 aliphatic heterocycles. The molecule has 0 aromatic heterocycles. The number of fused-ring (bicyclic) bond motifs is 5. The first kappa shape index (κ1) is 18.8. The molecular formula is C25H34O2. The molecule has 0 saturated heterocycles. The fraction of sp³-hybridized carbons (Fsp3) is 0.640. The Morgan fingerprint density at radius 3 is 2.93 bits per heavy atom. The zero-order valence-electron chi connectivity index (χ0n) is 16.8. The van der Waals surface area contributed by atoms with Gasteiger partial charge < -0.3 is 4.74 Å². The van der Waals surface area contributed by atoms with Crippen molar-refractivity contribution in [1.82, 2.24) is 0 Å². The third-order valence-corrected chi connectivity index (χ3v) is 7.73. The fourth-order valence-electron chi connectivity index (χ4n) is 6.18. The Bertz CT molecular complexity index is 706. The molecule has 0 amide bonds. The summed E-state index contributed by atoms with van der Waals surface area (Å²) < 4.78 is 6.02. The van der Waals surface area contributed by atoms with E-state index in [1.54, 1.807) is 5.56 Å². The Kier molecular flexibility index (Phi) is 5.43. The Balaban J connectivity index is 1.40. The number of ketones is 1. The van der Waals surface area contributed by atoms with Gasteiger partial charge in [0.05, 0.1) is 6.61 Å². The second-order valence-corrected chi connectivity index (χ2v) is 9.18. The predicted octanol–water partition coefficient (Wildman–Crippen LogP) is 6.24. The van der Waals surface area contributed by atoms with Crippen molar-refractivity contribution in [3.8, 4) is 5.75 Å². The number of hydrogen-bond donors (Lipinski definition) is 0. The van der Waals surface area contributed by atoms with Gasteiger partial charge in [-0.2, -0.15) is 0 Å². The summed E-state index contributed by atoms with van der Waals surface area (Å²) in [6.07, 6.45) is 13.2. The van der Waals surface area contributed by atoms with Crippen LogP contribution in [0, 0.1) is 17.3 Å². The van der Waals surface area contributed by atoms with Crippen molar-refractivity contribution < 1.29 is 9.53 Å². The Morgan fingerprint density at radius 1 is 1.19 bits per heavy atom. The normalized spacial score (nSPS) is 31.7. The molecule has 0 N–H and O–H groups in total. The van der Waals surface area contributed by atoms with Crippen molar-refractivity contribution in [2.24, 2.45) is 17.3 Å². The van der Waals surface area contributed by atoms with Gasteiger partial charge in [-0.05, 0) is 98.8 Å². The summed E-state index contributed by atoms with van der Waals surface area (Å²) in [6.45, 7) is 6.84. The minimum Gasteiger partial charge on any atom is -0.494 e. The Morgan fingerprint density at radius 2 is 2.07 bits per heavy atom. The van der Waals surface area contributed by atoms with E-state index in [1.165, 1.54) is 31.2 Å². The number of carbonyl (C=O) groups is 1. The molecule has 2 nitrogen and oxygen atoms in total. The van der Waals surface area contributed by atoms with E-state index in [4.69, 9.17) is 4.74 Å². The van der Waals surface area contributed by atoms with E-state index >= 15 is 0 Å². The summed E-state index contributed by atoms with van der Waals surface area (Å²) >= 11 is 0. The van der Waals surface area contributed by atoms with Gasteiger partial charge in [0.25, 0.3) is 0 Å². The van der Waals surface area contributed by atoms with Gasteiger partial charge in [-0.15, -0.1) is 6.58 Å². The van der Waals surface area contributed by atoms with Crippen LogP contribution in [-0.4, -0.2) is 12.4 Å². The van der Waals surface area contributed by atoms with Gasteiger partial charge in [-0.25, -0.2) is 0 Å². The Hall–Kier alpha value is -1.57. The van der Waals surface area contributed by atoms with Gasteiger partial charge >= 0.3 is 0 Å². The van der Waals surface area contributed by atoms with E-state index in [9.17, 15) is 4.79 Å². The molecule has 0 unspecified atom stereocenters. The molecular weight excluding hydrogens is 332 g/mol. The van der Waals surface area contributed by atoms with Crippen LogP contribution < -0.4 is 4.74 Å². The highest BCUT2D eigenvalue weighted by atomic mass is 16.5. The number of ether oxygens (including phenoxy) is 1. The van der Waals surface area contributed by atoms with Crippen molar-refractivity contribution in [2.45, 2.75) is 77.0 Å². The molecule has 3 aliphatic rings. The lowest BCUT2D eigenvalue weighted by Gasteiger charge is -2.48. The number of benzene rings is 1. The van der Waals surface area contributed by atoms with Crippen molar-refractivity contribution in [1.29, 1.82) is 0 Å². The van der Waals surface area contributed by atoms with Crippen LogP contribution in [0.3, 0.4) is 0 Å². The summed E-state index contributed by atoms with van der Waals surface area (Å²) in [5, 5.41) is 0. The average molecular weight is 367 g/mol. The molecule has 0 spiro atoms. The summed E-state index contributed by atoms with van der Waals surface area (Å²) in [5.74, 6) is 3.55. The maximum Gasteiger partial charge on any atom is 0.139 e. The van der Waals surface area contributed by atoms with Gasteiger partial charge in [0.1, 0.15) is 11.5 Å². The minimum atomic E-state index is -0.0205. The number of carbonyl (C=O) groups excluding carboxylic acids is 1. The largest absolute Gasteiger partial charge is 0.494 e. The zero-order chi connectivity index (χ0) is 18.9. The highest BCUT2D eigenvalue weighted by Gasteiger charge is 2.54. The van der Waals surface area contributed by atoms with Crippen LogP contribution in [0.5, 0.6) is 5.75 Å². The smallest absolute Gasteiger partial charge is 0.139 e. The molecule has 1 aromatic rings. The molecule has 27 heavy (non-hydrogen) atoms. The molecule has 2 heteroatoms. The van der Waals surface area contributed by atoms with Crippen LogP contribution in [0.1, 0.15) is 81.8 Å². The molecule has 3 aliphatic carbocycles. The van der Waals surface area contributed by atoms with Crippen LogP contribution in [0.4, 0.5) is 0 Å². The highest BCUT2D eigenvalue weighted by Crippen LogP contribution is 2.59. The number of hydrogen-bond acceptors (Lipinski definition) is 2.